The first-order valence-electron chi connectivity index (χ1n) is 10.5. The summed E-state index contributed by atoms with van der Waals surface area (Å²) in [4.78, 5) is 34.5. The SMILES string of the molecule is CC(=O)Nc1ccc(-n2cnc(C(=O)NCc3ccc(N4CCCCC4)cc3)c2)nc1. The van der Waals surface area contributed by atoms with Gasteiger partial charge in [0.1, 0.15) is 17.8 Å². The highest BCUT2D eigenvalue weighted by Crippen LogP contribution is 2.20. The molecule has 0 spiro atoms. The third kappa shape index (κ3) is 5.28. The first kappa shape index (κ1) is 20.6. The minimum Gasteiger partial charge on any atom is -0.372 e. The lowest BCUT2D eigenvalue weighted by Gasteiger charge is -2.28. The largest absolute Gasteiger partial charge is 0.372 e. The van der Waals surface area contributed by atoms with Gasteiger partial charge in [0.15, 0.2) is 0 Å². The van der Waals surface area contributed by atoms with Crippen LogP contribution >= 0.6 is 0 Å². The van der Waals surface area contributed by atoms with Crippen LogP contribution in [0.1, 0.15) is 42.2 Å². The summed E-state index contributed by atoms with van der Waals surface area (Å²) in [7, 11) is 0. The topological polar surface area (TPSA) is 92.1 Å². The van der Waals surface area contributed by atoms with Gasteiger partial charge >= 0.3 is 0 Å². The van der Waals surface area contributed by atoms with Crippen molar-refractivity contribution in [1.82, 2.24) is 19.9 Å². The van der Waals surface area contributed by atoms with Gasteiger partial charge in [0.25, 0.3) is 5.91 Å². The molecule has 2 aromatic heterocycles. The average Bonchev–Trinajstić information content (AvgIpc) is 3.29. The average molecular weight is 419 g/mol. The molecule has 1 saturated heterocycles. The second kappa shape index (κ2) is 9.42. The van der Waals surface area contributed by atoms with Crippen LogP contribution in [0.15, 0.2) is 55.1 Å². The number of nitrogens with one attached hydrogen (secondary N) is 2. The highest BCUT2D eigenvalue weighted by atomic mass is 16.2. The van der Waals surface area contributed by atoms with Gasteiger partial charge in [-0.25, -0.2) is 9.97 Å². The van der Waals surface area contributed by atoms with E-state index in [1.165, 1.54) is 31.9 Å². The van der Waals surface area contributed by atoms with Gasteiger partial charge in [-0.3, -0.25) is 14.2 Å². The smallest absolute Gasteiger partial charge is 0.271 e. The molecule has 0 radical (unpaired) electrons. The zero-order chi connectivity index (χ0) is 21.6. The molecule has 8 heteroatoms. The summed E-state index contributed by atoms with van der Waals surface area (Å²) < 4.78 is 1.67. The van der Waals surface area contributed by atoms with Crippen LogP contribution in [0.2, 0.25) is 0 Å². The number of pyridine rings is 1. The second-order valence-corrected chi connectivity index (χ2v) is 7.65. The number of carbonyl (C=O) groups excluding carboxylic acids is 2. The Morgan fingerprint density at radius 3 is 2.45 bits per heavy atom. The molecule has 4 rings (SSSR count). The molecule has 0 bridgehead atoms. The predicted octanol–water partition coefficient (Wildman–Crippen LogP) is 3.15. The van der Waals surface area contributed by atoms with Gasteiger partial charge in [0, 0.05) is 38.4 Å². The molecule has 1 aliphatic rings. The maximum atomic E-state index is 12.5. The van der Waals surface area contributed by atoms with E-state index in [1.807, 2.05) is 0 Å². The number of aromatic nitrogens is 3. The predicted molar refractivity (Wildman–Crippen MR) is 119 cm³/mol. The molecule has 0 atom stereocenters. The fourth-order valence-electron chi connectivity index (χ4n) is 3.63. The molecule has 2 N–H and O–H groups in total. The normalized spacial score (nSPS) is 13.6. The molecule has 2 amide bonds. The molecule has 0 aliphatic carbocycles. The Labute approximate surface area is 181 Å². The summed E-state index contributed by atoms with van der Waals surface area (Å²) in [5, 5.41) is 5.58. The molecule has 3 aromatic rings. The van der Waals surface area contributed by atoms with E-state index in [1.54, 1.807) is 35.4 Å². The molecule has 1 aliphatic heterocycles. The minimum absolute atomic E-state index is 0.155. The molecule has 8 nitrogen and oxygen atoms in total. The molecular formula is C23H26N6O2. The number of amides is 2. The van der Waals surface area contributed by atoms with Crippen molar-refractivity contribution in [2.75, 3.05) is 23.3 Å². The van der Waals surface area contributed by atoms with E-state index in [0.717, 1.165) is 18.7 Å². The van der Waals surface area contributed by atoms with Crippen molar-refractivity contribution >= 4 is 23.2 Å². The van der Waals surface area contributed by atoms with Crippen molar-refractivity contribution in [3.63, 3.8) is 0 Å². The molecule has 0 unspecified atom stereocenters. The van der Waals surface area contributed by atoms with Gasteiger partial charge in [-0.05, 0) is 49.1 Å². The van der Waals surface area contributed by atoms with Crippen LogP contribution < -0.4 is 15.5 Å². The Morgan fingerprint density at radius 1 is 1.00 bits per heavy atom. The van der Waals surface area contributed by atoms with E-state index in [4.69, 9.17) is 0 Å². The summed E-state index contributed by atoms with van der Waals surface area (Å²) in [6.07, 6.45) is 8.55. The first-order chi connectivity index (χ1) is 15.1. The molecule has 160 valence electrons. The molecular weight excluding hydrogens is 392 g/mol. The zero-order valence-electron chi connectivity index (χ0n) is 17.5. The van der Waals surface area contributed by atoms with E-state index in [2.05, 4.69) is 49.8 Å². The van der Waals surface area contributed by atoms with Crippen molar-refractivity contribution in [2.45, 2.75) is 32.7 Å². The van der Waals surface area contributed by atoms with E-state index >= 15 is 0 Å². The summed E-state index contributed by atoms with van der Waals surface area (Å²) in [5.74, 6) is 0.208. The zero-order valence-corrected chi connectivity index (χ0v) is 17.5. The summed E-state index contributed by atoms with van der Waals surface area (Å²) in [5.41, 5.74) is 3.22. The summed E-state index contributed by atoms with van der Waals surface area (Å²) >= 11 is 0. The van der Waals surface area contributed by atoms with Crippen molar-refractivity contribution in [3.05, 3.63) is 66.4 Å². The Morgan fingerprint density at radius 2 is 1.77 bits per heavy atom. The van der Waals surface area contributed by atoms with Crippen LogP contribution in [0.5, 0.6) is 0 Å². The maximum Gasteiger partial charge on any atom is 0.271 e. The van der Waals surface area contributed by atoms with Gasteiger partial charge in [-0.1, -0.05) is 12.1 Å². The Kier molecular flexibility index (Phi) is 6.26. The van der Waals surface area contributed by atoms with Crippen molar-refractivity contribution in [1.29, 1.82) is 0 Å². The third-order valence-corrected chi connectivity index (χ3v) is 5.26. The summed E-state index contributed by atoms with van der Waals surface area (Å²) in [6, 6.07) is 11.9. The number of imidazole rings is 1. The molecule has 1 aromatic carbocycles. The lowest BCUT2D eigenvalue weighted by Crippen LogP contribution is -2.29. The van der Waals surface area contributed by atoms with Crippen molar-refractivity contribution < 1.29 is 9.59 Å². The first-order valence-corrected chi connectivity index (χ1v) is 10.5. The number of carbonyl (C=O) groups is 2. The van der Waals surface area contributed by atoms with E-state index < -0.39 is 0 Å². The number of nitrogens with zero attached hydrogens (tertiary/aromatic N) is 4. The van der Waals surface area contributed by atoms with Crippen LogP contribution in [-0.4, -0.2) is 39.4 Å². The quantitative estimate of drug-likeness (QED) is 0.642. The summed E-state index contributed by atoms with van der Waals surface area (Å²) in [6.45, 7) is 4.11. The lowest BCUT2D eigenvalue weighted by molar-refractivity contribution is -0.114. The van der Waals surface area contributed by atoms with E-state index in [9.17, 15) is 9.59 Å². The van der Waals surface area contributed by atoms with Crippen LogP contribution in [0, 0.1) is 0 Å². The number of hydrogen-bond acceptors (Lipinski definition) is 5. The third-order valence-electron chi connectivity index (χ3n) is 5.26. The maximum absolute atomic E-state index is 12.5. The second-order valence-electron chi connectivity index (χ2n) is 7.65. The highest BCUT2D eigenvalue weighted by Gasteiger charge is 2.12. The molecule has 1 fully saturated rings. The highest BCUT2D eigenvalue weighted by molar-refractivity contribution is 5.92. The van der Waals surface area contributed by atoms with Crippen LogP contribution in [0.25, 0.3) is 5.82 Å². The number of benzene rings is 1. The van der Waals surface area contributed by atoms with Gasteiger partial charge < -0.3 is 15.5 Å². The Bertz CT molecular complexity index is 1040. The van der Waals surface area contributed by atoms with Gasteiger partial charge in [0.2, 0.25) is 5.91 Å². The number of rotatable bonds is 6. The number of piperidine rings is 1. The fraction of sp³-hybridized carbons (Fsp3) is 0.304. The van der Waals surface area contributed by atoms with E-state index in [0.29, 0.717) is 23.7 Å². The Hall–Kier alpha value is -3.68. The van der Waals surface area contributed by atoms with Crippen molar-refractivity contribution in [3.8, 4) is 5.82 Å². The number of hydrogen-bond donors (Lipinski definition) is 2. The lowest BCUT2D eigenvalue weighted by atomic mass is 10.1. The molecule has 3 heterocycles. The monoisotopic (exact) mass is 418 g/mol. The minimum atomic E-state index is -0.242. The number of anilines is 2. The van der Waals surface area contributed by atoms with Gasteiger partial charge in [0.05, 0.1) is 11.9 Å². The van der Waals surface area contributed by atoms with Gasteiger partial charge in [-0.2, -0.15) is 0 Å². The van der Waals surface area contributed by atoms with Crippen molar-refractivity contribution in [2.24, 2.45) is 0 Å². The molecule has 31 heavy (non-hydrogen) atoms. The Balaban J connectivity index is 1.33. The van der Waals surface area contributed by atoms with Gasteiger partial charge in [-0.15, -0.1) is 0 Å². The van der Waals surface area contributed by atoms with Crippen LogP contribution in [0.3, 0.4) is 0 Å². The van der Waals surface area contributed by atoms with Crippen LogP contribution in [-0.2, 0) is 11.3 Å². The van der Waals surface area contributed by atoms with Crippen LogP contribution in [0.4, 0.5) is 11.4 Å². The van der Waals surface area contributed by atoms with E-state index in [-0.39, 0.29) is 11.8 Å². The standard InChI is InChI=1S/C23H26N6O2/c1-17(30)27-19-7-10-22(24-14-19)29-15-21(26-16-29)23(31)25-13-18-5-8-20(9-6-18)28-11-3-2-4-12-28/h5-10,14-16H,2-4,11-13H2,1H3,(H,25,31)(H,27,30). The molecule has 0 saturated carbocycles. The fourth-order valence-corrected chi connectivity index (χ4v) is 3.63.